The summed E-state index contributed by atoms with van der Waals surface area (Å²) in [5.74, 6) is 1.61. The lowest BCUT2D eigenvalue weighted by molar-refractivity contribution is 0.417. The molecule has 0 aromatic carbocycles. The van der Waals surface area contributed by atoms with Gasteiger partial charge in [-0.3, -0.25) is 0 Å². The average Bonchev–Trinajstić information content (AvgIpc) is 1.83. The molecule has 0 unspecified atom stereocenters. The first-order chi connectivity index (χ1) is 5.39. The first kappa shape index (κ1) is 12.0. The van der Waals surface area contributed by atoms with Crippen molar-refractivity contribution in [1.82, 2.24) is 0 Å². The molecule has 0 amide bonds. The normalized spacial score (nSPS) is 12.8. The molecule has 0 aliphatic heterocycles. The monoisotopic (exact) mass is 184 g/mol. The van der Waals surface area contributed by atoms with Crippen molar-refractivity contribution < 1.29 is 0 Å². The Morgan fingerprint density at radius 2 is 1.50 bits per heavy atom. The zero-order valence-electron chi connectivity index (χ0n) is 9.35. The van der Waals surface area contributed by atoms with Crippen LogP contribution in [0, 0.1) is 11.8 Å². The molecule has 72 valence electrons. The maximum absolute atomic E-state index is 3.97. The van der Waals surface area contributed by atoms with Gasteiger partial charge in [-0.05, 0) is 29.7 Å². The molecule has 0 N–H and O–H groups in total. The molecule has 0 aliphatic rings. The second-order valence-corrected chi connectivity index (χ2v) is 7.05. The van der Waals surface area contributed by atoms with Gasteiger partial charge in [-0.25, -0.2) is 0 Å². The van der Waals surface area contributed by atoms with Crippen molar-refractivity contribution in [3.8, 4) is 0 Å². The molecular weight excluding hydrogens is 160 g/mol. The van der Waals surface area contributed by atoms with Crippen molar-refractivity contribution in [1.29, 1.82) is 0 Å². The van der Waals surface area contributed by atoms with E-state index in [-0.39, 0.29) is 0 Å². The number of hydrogen-bond donors (Lipinski definition) is 0. The molecule has 0 saturated heterocycles. The third-order valence-electron chi connectivity index (χ3n) is 2.24. The van der Waals surface area contributed by atoms with Gasteiger partial charge in [0, 0.05) is 10.2 Å². The summed E-state index contributed by atoms with van der Waals surface area (Å²) >= 11 is 0. The molecule has 1 heteroatoms. The number of rotatable bonds is 5. The summed E-state index contributed by atoms with van der Waals surface area (Å²) in [7, 11) is 1.25. The van der Waals surface area contributed by atoms with Crippen LogP contribution in [-0.2, 0) is 0 Å². The Hall–Kier alpha value is -0.0431. The molecule has 0 spiro atoms. The maximum atomic E-state index is 3.97. The van der Waals surface area contributed by atoms with E-state index in [0.29, 0.717) is 5.04 Å². The Labute approximate surface area is 80.9 Å². The Morgan fingerprint density at radius 1 is 1.17 bits per heavy atom. The zero-order chi connectivity index (χ0) is 9.78. The Kier molecular flexibility index (Phi) is 4.84. The minimum Gasteiger partial charge on any atom is -0.103 e. The highest BCUT2D eigenvalue weighted by atomic mass is 28.1. The van der Waals surface area contributed by atoms with Crippen LogP contribution in [0.2, 0.25) is 5.04 Å². The van der Waals surface area contributed by atoms with E-state index in [4.69, 9.17) is 0 Å². The van der Waals surface area contributed by atoms with E-state index in [0.717, 1.165) is 11.8 Å². The summed E-state index contributed by atoms with van der Waals surface area (Å²) in [5.41, 5.74) is 0. The second kappa shape index (κ2) is 4.86. The Morgan fingerprint density at radius 3 is 1.67 bits per heavy atom. The highest BCUT2D eigenvalue weighted by molar-refractivity contribution is 6.16. The summed E-state index contributed by atoms with van der Waals surface area (Å²) in [5, 5.41) is 0.488. The fourth-order valence-electron chi connectivity index (χ4n) is 2.12. The van der Waals surface area contributed by atoms with Gasteiger partial charge in [0.2, 0.25) is 0 Å². The van der Waals surface area contributed by atoms with E-state index in [9.17, 15) is 0 Å². The number of allylic oxidation sites excluding steroid dienone is 1. The van der Waals surface area contributed by atoms with Gasteiger partial charge in [0.1, 0.15) is 0 Å². The van der Waals surface area contributed by atoms with Crippen LogP contribution in [0.3, 0.4) is 0 Å². The van der Waals surface area contributed by atoms with Gasteiger partial charge in [-0.1, -0.05) is 33.8 Å². The highest BCUT2D eigenvalue weighted by Gasteiger charge is 2.22. The average molecular weight is 184 g/mol. The van der Waals surface area contributed by atoms with Gasteiger partial charge in [0.15, 0.2) is 0 Å². The summed E-state index contributed by atoms with van der Waals surface area (Å²) in [4.78, 5) is 0. The lowest BCUT2D eigenvalue weighted by Gasteiger charge is -2.29. The van der Waals surface area contributed by atoms with Crippen LogP contribution in [0.4, 0.5) is 0 Å². The van der Waals surface area contributed by atoms with Crippen molar-refractivity contribution in [2.75, 3.05) is 0 Å². The van der Waals surface area contributed by atoms with Gasteiger partial charge in [-0.2, -0.15) is 0 Å². The largest absolute Gasteiger partial charge is 0.103 e. The van der Waals surface area contributed by atoms with E-state index in [1.54, 1.807) is 0 Å². The van der Waals surface area contributed by atoms with Gasteiger partial charge in [-0.15, -0.1) is 6.58 Å². The van der Waals surface area contributed by atoms with E-state index in [2.05, 4.69) is 40.3 Å². The molecule has 0 aromatic rings. The van der Waals surface area contributed by atoms with Gasteiger partial charge in [0.25, 0.3) is 0 Å². The van der Waals surface area contributed by atoms with E-state index in [1.807, 2.05) is 0 Å². The van der Waals surface area contributed by atoms with Crippen LogP contribution in [-0.4, -0.2) is 10.2 Å². The van der Waals surface area contributed by atoms with Crippen LogP contribution in [0.1, 0.15) is 40.5 Å². The molecular formula is C11H24Si. The second-order valence-electron chi connectivity index (χ2n) is 5.05. The molecule has 0 aromatic heterocycles. The van der Waals surface area contributed by atoms with Gasteiger partial charge >= 0.3 is 0 Å². The third kappa shape index (κ3) is 4.76. The fourth-order valence-corrected chi connectivity index (χ4v) is 3.75. The van der Waals surface area contributed by atoms with Crippen molar-refractivity contribution >= 4 is 10.2 Å². The van der Waals surface area contributed by atoms with Crippen LogP contribution >= 0.6 is 0 Å². The molecule has 0 fully saturated rings. The van der Waals surface area contributed by atoms with E-state index < -0.39 is 0 Å². The van der Waals surface area contributed by atoms with Crippen LogP contribution in [0.25, 0.3) is 0 Å². The van der Waals surface area contributed by atoms with Crippen molar-refractivity contribution in [3.05, 3.63) is 12.7 Å². The number of hydrogen-bond acceptors (Lipinski definition) is 0. The standard InChI is InChI=1S/C11H24Si/c1-6-11(12,7-9(2)3)8-10(4)5/h6,9-10H,1,7-8H2,2-5,12H3. The molecule has 0 heterocycles. The molecule has 0 rings (SSSR count). The zero-order valence-corrected chi connectivity index (χ0v) is 11.4. The summed E-state index contributed by atoms with van der Waals surface area (Å²) < 4.78 is 0. The maximum Gasteiger partial charge on any atom is 0.0154 e. The quantitative estimate of drug-likeness (QED) is 0.455. The van der Waals surface area contributed by atoms with Gasteiger partial charge < -0.3 is 0 Å². The first-order valence-corrected chi connectivity index (χ1v) is 6.03. The van der Waals surface area contributed by atoms with Crippen LogP contribution < -0.4 is 0 Å². The lowest BCUT2D eigenvalue weighted by Crippen LogP contribution is -2.15. The molecule has 0 bridgehead atoms. The third-order valence-corrected chi connectivity index (χ3v) is 3.47. The topological polar surface area (TPSA) is 0 Å². The highest BCUT2D eigenvalue weighted by Crippen LogP contribution is 2.38. The molecule has 0 atom stereocenters. The molecule has 0 radical (unpaired) electrons. The Balaban J connectivity index is 4.14. The molecule has 12 heavy (non-hydrogen) atoms. The van der Waals surface area contributed by atoms with Crippen LogP contribution in [0.15, 0.2) is 12.7 Å². The predicted molar refractivity (Wildman–Crippen MR) is 61.7 cm³/mol. The Bertz CT molecular complexity index is 126. The summed E-state index contributed by atoms with van der Waals surface area (Å²) in [6, 6.07) is 0. The minimum absolute atomic E-state index is 0.488. The molecule has 0 nitrogen and oxygen atoms in total. The molecule has 0 saturated carbocycles. The first-order valence-electron chi connectivity index (χ1n) is 5.03. The lowest BCUT2D eigenvalue weighted by atomic mass is 9.88. The molecule has 0 aliphatic carbocycles. The predicted octanol–water partition coefficient (Wildman–Crippen LogP) is 2.79. The van der Waals surface area contributed by atoms with E-state index in [1.165, 1.54) is 23.1 Å². The van der Waals surface area contributed by atoms with Crippen molar-refractivity contribution in [2.24, 2.45) is 11.8 Å². The van der Waals surface area contributed by atoms with Crippen LogP contribution in [0.5, 0.6) is 0 Å². The van der Waals surface area contributed by atoms with Crippen molar-refractivity contribution in [2.45, 2.75) is 45.6 Å². The summed E-state index contributed by atoms with van der Waals surface area (Å²) in [6.45, 7) is 13.2. The summed E-state index contributed by atoms with van der Waals surface area (Å²) in [6.07, 6.45) is 4.83. The van der Waals surface area contributed by atoms with Crippen molar-refractivity contribution in [3.63, 3.8) is 0 Å². The minimum atomic E-state index is 0.488. The smallest absolute Gasteiger partial charge is 0.0154 e. The fraction of sp³-hybridized carbons (Fsp3) is 0.818. The SMILES string of the molecule is C=CC([SiH3])(CC(C)C)CC(C)C. The van der Waals surface area contributed by atoms with E-state index >= 15 is 0 Å². The van der Waals surface area contributed by atoms with Gasteiger partial charge in [0.05, 0.1) is 0 Å².